The van der Waals surface area contributed by atoms with Gasteiger partial charge in [0.2, 0.25) is 0 Å². The van der Waals surface area contributed by atoms with Crippen LogP contribution in [0.15, 0.2) is 36.4 Å². The number of rotatable bonds is 6. The molecule has 4 rings (SSSR count). The molecule has 2 aromatic rings. The van der Waals surface area contributed by atoms with Crippen molar-refractivity contribution in [2.75, 3.05) is 36.0 Å². The zero-order valence-electron chi connectivity index (χ0n) is 21.3. The van der Waals surface area contributed by atoms with Gasteiger partial charge in [-0.2, -0.15) is 0 Å². The summed E-state index contributed by atoms with van der Waals surface area (Å²) in [7, 11) is 0. The first-order valence-electron chi connectivity index (χ1n) is 12.7. The van der Waals surface area contributed by atoms with Crippen LogP contribution in [0.2, 0.25) is 0 Å². The van der Waals surface area contributed by atoms with Crippen molar-refractivity contribution >= 4 is 17.3 Å². The van der Waals surface area contributed by atoms with Crippen molar-refractivity contribution in [3.05, 3.63) is 53.3 Å². The predicted molar refractivity (Wildman–Crippen MR) is 137 cm³/mol. The van der Waals surface area contributed by atoms with Crippen LogP contribution in [0.5, 0.6) is 5.75 Å². The van der Waals surface area contributed by atoms with E-state index >= 15 is 0 Å². The molecule has 5 heteroatoms. The maximum atomic E-state index is 14.8. The Morgan fingerprint density at radius 2 is 1.82 bits per heavy atom. The summed E-state index contributed by atoms with van der Waals surface area (Å²) in [5, 5.41) is 0. The Labute approximate surface area is 199 Å². The Balaban J connectivity index is 0.000000914. The molecule has 0 saturated carbocycles. The second-order valence-corrected chi connectivity index (χ2v) is 8.20. The average Bonchev–Trinajstić information content (AvgIpc) is 3.28. The van der Waals surface area contributed by atoms with Crippen LogP contribution in [-0.4, -0.2) is 32.1 Å². The van der Waals surface area contributed by atoms with Gasteiger partial charge in [-0.05, 0) is 67.1 Å². The predicted octanol–water partition coefficient (Wildman–Crippen LogP) is 7.11. The van der Waals surface area contributed by atoms with E-state index < -0.39 is 0 Å². The second-order valence-electron chi connectivity index (χ2n) is 8.20. The van der Waals surface area contributed by atoms with Crippen LogP contribution in [0.1, 0.15) is 76.7 Å². The van der Waals surface area contributed by atoms with Crippen LogP contribution in [0.25, 0.3) is 0 Å². The first-order chi connectivity index (χ1) is 16.1. The molecule has 2 aliphatic heterocycles. The fourth-order valence-corrected chi connectivity index (χ4v) is 4.21. The number of unbranched alkanes of at least 4 members (excludes halogenated alkanes) is 1. The number of fused-ring (bicyclic) bond motifs is 1. The van der Waals surface area contributed by atoms with E-state index in [1.807, 2.05) is 58.0 Å². The summed E-state index contributed by atoms with van der Waals surface area (Å²) < 4.78 is 20.6. The normalized spacial score (nSPS) is 16.9. The zero-order chi connectivity index (χ0) is 24.4. The molecule has 0 N–H and O–H groups in total. The van der Waals surface area contributed by atoms with Gasteiger partial charge in [-0.3, -0.25) is 4.79 Å². The van der Waals surface area contributed by atoms with Crippen LogP contribution in [0.4, 0.5) is 15.8 Å². The minimum Gasteiger partial charge on any atom is -0.494 e. The fraction of sp³-hybridized carbons (Fsp3) is 0.536. The van der Waals surface area contributed by atoms with Gasteiger partial charge in [-0.1, -0.05) is 48.0 Å². The highest BCUT2D eigenvalue weighted by atomic mass is 19.1. The molecule has 1 unspecified atom stereocenters. The van der Waals surface area contributed by atoms with Gasteiger partial charge >= 0.3 is 0 Å². The highest BCUT2D eigenvalue weighted by molar-refractivity contribution is 6.08. The summed E-state index contributed by atoms with van der Waals surface area (Å²) in [6.45, 7) is 15.3. The molecule has 4 nitrogen and oxygen atoms in total. The van der Waals surface area contributed by atoms with Gasteiger partial charge in [-0.15, -0.1) is 0 Å². The second kappa shape index (κ2) is 13.2. The Hall–Kier alpha value is -2.56. The van der Waals surface area contributed by atoms with Gasteiger partial charge in [0.1, 0.15) is 11.6 Å². The lowest BCUT2D eigenvalue weighted by molar-refractivity contribution is 0.0980. The van der Waals surface area contributed by atoms with Crippen molar-refractivity contribution in [1.29, 1.82) is 0 Å². The molecule has 182 valence electrons. The van der Waals surface area contributed by atoms with Gasteiger partial charge in [0.25, 0.3) is 5.91 Å². The van der Waals surface area contributed by atoms with E-state index in [1.54, 1.807) is 4.90 Å². The Kier molecular flexibility index (Phi) is 10.7. The number of hydrogen-bond acceptors (Lipinski definition) is 3. The average molecular weight is 457 g/mol. The topological polar surface area (TPSA) is 32.8 Å². The van der Waals surface area contributed by atoms with Crippen molar-refractivity contribution < 1.29 is 13.9 Å². The van der Waals surface area contributed by atoms with E-state index in [9.17, 15) is 9.18 Å². The molecule has 2 aliphatic rings. The van der Waals surface area contributed by atoms with E-state index in [0.717, 1.165) is 50.1 Å². The first-order valence-corrected chi connectivity index (χ1v) is 12.7. The smallest absolute Gasteiger partial charge is 0.258 e. The Bertz CT molecular complexity index is 899. The summed E-state index contributed by atoms with van der Waals surface area (Å²) in [5.41, 5.74) is 2.94. The summed E-state index contributed by atoms with van der Waals surface area (Å²) >= 11 is 0. The summed E-state index contributed by atoms with van der Waals surface area (Å²) in [5.74, 6) is 1.07. The lowest BCUT2D eigenvalue weighted by atomic mass is 9.98. The maximum Gasteiger partial charge on any atom is 0.258 e. The highest BCUT2D eigenvalue weighted by Crippen LogP contribution is 2.32. The van der Waals surface area contributed by atoms with Gasteiger partial charge in [0.15, 0.2) is 0 Å². The van der Waals surface area contributed by atoms with Crippen molar-refractivity contribution in [2.24, 2.45) is 5.92 Å². The minimum absolute atomic E-state index is 0.0756. The molecule has 0 bridgehead atoms. The fourth-order valence-electron chi connectivity index (χ4n) is 4.21. The van der Waals surface area contributed by atoms with Gasteiger partial charge < -0.3 is 14.5 Å². The monoisotopic (exact) mass is 456 g/mol. The van der Waals surface area contributed by atoms with Crippen LogP contribution in [-0.2, 0) is 6.42 Å². The van der Waals surface area contributed by atoms with E-state index in [2.05, 4.69) is 18.7 Å². The standard InChI is InChI=1S/C24H29FN2O2.2C2H6/c1-3-4-13-29-20-6-7-21-18(14-20)10-12-27(24(21)28)19-5-8-23(22(25)15-19)26-11-9-17(2)16-26;2*1-2/h5-8,14-15,17H,3-4,9-13,16H2,1-2H3;2*1-2H3. The SMILES string of the molecule is CC.CC.CCCCOc1ccc2c(c1)CCN(c1ccc(N3CCC(C)C3)c(F)c1)C2=O. The molecule has 1 fully saturated rings. The number of halogens is 1. The molecule has 1 saturated heterocycles. The number of amides is 1. The molecule has 1 atom stereocenters. The highest BCUT2D eigenvalue weighted by Gasteiger charge is 2.27. The molecule has 0 radical (unpaired) electrons. The minimum atomic E-state index is -0.255. The van der Waals surface area contributed by atoms with Gasteiger partial charge in [-0.25, -0.2) is 4.39 Å². The zero-order valence-corrected chi connectivity index (χ0v) is 21.3. The third-order valence-electron chi connectivity index (χ3n) is 5.93. The molecular weight excluding hydrogens is 415 g/mol. The number of carbonyl (C=O) groups excluding carboxylic acids is 1. The van der Waals surface area contributed by atoms with Crippen molar-refractivity contribution in [2.45, 2.75) is 67.2 Å². The van der Waals surface area contributed by atoms with Gasteiger partial charge in [0.05, 0.1) is 12.3 Å². The van der Waals surface area contributed by atoms with E-state index in [0.29, 0.717) is 36.0 Å². The van der Waals surface area contributed by atoms with E-state index in [-0.39, 0.29) is 11.7 Å². The number of nitrogens with zero attached hydrogens (tertiary/aromatic N) is 2. The van der Waals surface area contributed by atoms with Crippen molar-refractivity contribution in [3.63, 3.8) is 0 Å². The van der Waals surface area contributed by atoms with Crippen LogP contribution in [0, 0.1) is 11.7 Å². The number of benzene rings is 2. The summed E-state index contributed by atoms with van der Waals surface area (Å²) in [6, 6.07) is 10.8. The van der Waals surface area contributed by atoms with Gasteiger partial charge in [0, 0.05) is 30.9 Å². The number of hydrogen-bond donors (Lipinski definition) is 0. The molecule has 2 heterocycles. The Morgan fingerprint density at radius 1 is 1.06 bits per heavy atom. The molecule has 0 aliphatic carbocycles. The third kappa shape index (κ3) is 6.49. The molecule has 0 aromatic heterocycles. The molecule has 0 spiro atoms. The maximum absolute atomic E-state index is 14.8. The first kappa shape index (κ1) is 26.7. The quantitative estimate of drug-likeness (QED) is 0.434. The Morgan fingerprint density at radius 3 is 2.45 bits per heavy atom. The third-order valence-corrected chi connectivity index (χ3v) is 5.93. The van der Waals surface area contributed by atoms with Crippen LogP contribution < -0.4 is 14.5 Å². The lowest BCUT2D eigenvalue weighted by Gasteiger charge is -2.29. The summed E-state index contributed by atoms with van der Waals surface area (Å²) in [4.78, 5) is 16.8. The number of ether oxygens (including phenoxy) is 1. The number of carbonyl (C=O) groups is 1. The largest absolute Gasteiger partial charge is 0.494 e. The van der Waals surface area contributed by atoms with E-state index in [4.69, 9.17) is 4.74 Å². The lowest BCUT2D eigenvalue weighted by Crippen LogP contribution is -2.37. The van der Waals surface area contributed by atoms with Crippen molar-refractivity contribution in [1.82, 2.24) is 0 Å². The van der Waals surface area contributed by atoms with Crippen molar-refractivity contribution in [3.8, 4) is 5.75 Å². The molecule has 2 aromatic carbocycles. The molecular formula is C28H41FN2O2. The number of anilines is 2. The molecule has 33 heavy (non-hydrogen) atoms. The molecule has 1 amide bonds. The van der Waals surface area contributed by atoms with E-state index in [1.165, 1.54) is 6.07 Å². The summed E-state index contributed by atoms with van der Waals surface area (Å²) in [6.07, 6.45) is 3.93. The van der Waals surface area contributed by atoms with Crippen LogP contribution >= 0.6 is 0 Å². The van der Waals surface area contributed by atoms with Crippen LogP contribution in [0.3, 0.4) is 0 Å².